The number of carbonyl (C=O) groups is 2. The third kappa shape index (κ3) is 10.3. The van der Waals surface area contributed by atoms with Gasteiger partial charge in [0.05, 0.1) is 22.2 Å². The van der Waals surface area contributed by atoms with Gasteiger partial charge in [0.15, 0.2) is 11.6 Å². The average Bonchev–Trinajstić information content (AvgIpc) is 3.21. The van der Waals surface area contributed by atoms with E-state index in [1.165, 1.54) is 32.0 Å². The molecule has 0 aliphatic rings. The molecular formula is C44H37F11N4O8. The van der Waals surface area contributed by atoms with E-state index < -0.39 is 111 Å². The first-order chi connectivity index (χ1) is 30.7. The zero-order chi connectivity index (χ0) is 50.4. The third-order valence-corrected chi connectivity index (χ3v) is 10.8. The van der Waals surface area contributed by atoms with E-state index in [0.717, 1.165) is 64.1 Å². The van der Waals surface area contributed by atoms with Crippen molar-refractivity contribution in [2.75, 3.05) is 10.6 Å². The van der Waals surface area contributed by atoms with Crippen LogP contribution in [0.15, 0.2) is 85.4 Å². The van der Waals surface area contributed by atoms with E-state index in [-0.39, 0.29) is 50.4 Å². The number of rotatable bonds is 10. The first-order valence-corrected chi connectivity index (χ1v) is 19.4. The first kappa shape index (κ1) is 51.2. The number of nitrogens with one attached hydrogen (secondary N) is 2. The Labute approximate surface area is 370 Å². The zero-order valence-electron chi connectivity index (χ0n) is 35.7. The lowest BCUT2D eigenvalue weighted by atomic mass is 9.74. The SMILES string of the molecule is Cc1noc(=O)c2ccc(NC(=O)C(O)(CC(C)(C)c3c(F)cccc3F)C(F)(F)F)cc12.Cc1noc(=O)c2ccc(NC(=O)C(O)(CC(C)(C)c3cc(F)cc(F)c3F)C(F)(F)F)cc12. The molecule has 0 fully saturated rings. The molecule has 0 saturated carbocycles. The zero-order valence-corrected chi connectivity index (χ0v) is 35.7. The minimum Gasteiger partial charge on any atom is -0.373 e. The number of alkyl halides is 6. The number of halogens is 11. The standard InChI is InChI=1S/C22H18F6N2O4.C22H19F5N2O4/c1-10-14-8-12(4-5-13(14)18(31)34-30-10)29-19(32)21(33,22(26,27)28)9-20(2,3)15-6-11(23)7-16(24)17(15)25;1-11-14-9-12(7-8-13(14)18(30)33-29-11)28-19(31)21(32,22(25,26)27)10-20(2,3)17-15(23)5-4-6-16(17)24/h4-8,33H,9H2,1-3H3,(H,29,32);4-9,32H,10H2,1-3H3,(H,28,31). The quantitative estimate of drug-likeness (QED) is 0.0764. The summed E-state index contributed by atoms with van der Waals surface area (Å²) in [6.07, 6.45) is -13.9. The molecule has 0 radical (unpaired) electrons. The summed E-state index contributed by atoms with van der Waals surface area (Å²) < 4.78 is 163. The lowest BCUT2D eigenvalue weighted by Gasteiger charge is -2.36. The van der Waals surface area contributed by atoms with Gasteiger partial charge in [-0.15, -0.1) is 0 Å². The van der Waals surface area contributed by atoms with Crippen LogP contribution in [0.1, 0.15) is 63.1 Å². The lowest BCUT2D eigenvalue weighted by molar-refractivity contribution is -0.255. The van der Waals surface area contributed by atoms with Crippen molar-refractivity contribution in [3.8, 4) is 0 Å². The van der Waals surface area contributed by atoms with E-state index in [1.807, 2.05) is 10.6 Å². The number of nitrogens with zero attached hydrogens (tertiary/aromatic N) is 2. The highest BCUT2D eigenvalue weighted by molar-refractivity contribution is 6.01. The molecule has 2 aromatic heterocycles. The van der Waals surface area contributed by atoms with Crippen LogP contribution in [0, 0.1) is 42.9 Å². The Bertz CT molecular complexity index is 3000. The normalized spacial score (nSPS) is 14.2. The molecule has 0 aliphatic carbocycles. The molecule has 2 atom stereocenters. The fraction of sp³-hybridized carbons (Fsp3) is 0.318. The van der Waals surface area contributed by atoms with E-state index in [1.54, 1.807) is 0 Å². The van der Waals surface area contributed by atoms with Gasteiger partial charge in [0.1, 0.15) is 17.5 Å². The number of amides is 2. The van der Waals surface area contributed by atoms with E-state index in [0.29, 0.717) is 6.07 Å². The maximum atomic E-state index is 14.3. The molecule has 0 spiro atoms. The number of hydrogen-bond donors (Lipinski definition) is 4. The highest BCUT2D eigenvalue weighted by atomic mass is 19.4. The molecule has 12 nitrogen and oxygen atoms in total. The smallest absolute Gasteiger partial charge is 0.373 e. The van der Waals surface area contributed by atoms with Gasteiger partial charge < -0.3 is 29.9 Å². The van der Waals surface area contributed by atoms with Gasteiger partial charge in [-0.1, -0.05) is 44.1 Å². The summed E-state index contributed by atoms with van der Waals surface area (Å²) in [5.41, 5.74) is -15.1. The molecule has 2 amide bonds. The molecule has 4 N–H and O–H groups in total. The second-order valence-corrected chi connectivity index (χ2v) is 16.7. The third-order valence-electron chi connectivity index (χ3n) is 10.8. The van der Waals surface area contributed by atoms with Gasteiger partial charge in [-0.25, -0.2) is 31.5 Å². The van der Waals surface area contributed by atoms with Crippen molar-refractivity contribution >= 4 is 44.7 Å². The van der Waals surface area contributed by atoms with Gasteiger partial charge in [-0.2, -0.15) is 26.3 Å². The maximum Gasteiger partial charge on any atom is 0.426 e. The van der Waals surface area contributed by atoms with Crippen molar-refractivity contribution in [1.29, 1.82) is 0 Å². The Morgan fingerprint density at radius 1 is 0.582 bits per heavy atom. The van der Waals surface area contributed by atoms with Crippen molar-refractivity contribution in [3.63, 3.8) is 0 Å². The van der Waals surface area contributed by atoms with E-state index in [4.69, 9.17) is 0 Å². The molecule has 2 heterocycles. The molecule has 358 valence electrons. The van der Waals surface area contributed by atoms with Crippen molar-refractivity contribution in [2.24, 2.45) is 0 Å². The number of benzene rings is 4. The molecule has 4 aromatic carbocycles. The van der Waals surface area contributed by atoms with E-state index in [2.05, 4.69) is 19.4 Å². The monoisotopic (exact) mass is 958 g/mol. The van der Waals surface area contributed by atoms with Crippen LogP contribution >= 0.6 is 0 Å². The fourth-order valence-corrected chi connectivity index (χ4v) is 7.36. The summed E-state index contributed by atoms with van der Waals surface area (Å²) in [7, 11) is 0. The molecule has 67 heavy (non-hydrogen) atoms. The minimum absolute atomic E-state index is 0.0568. The second-order valence-electron chi connectivity index (χ2n) is 16.7. The molecule has 23 heteroatoms. The van der Waals surface area contributed by atoms with E-state index in [9.17, 15) is 77.7 Å². The van der Waals surface area contributed by atoms with E-state index >= 15 is 0 Å². The second kappa shape index (κ2) is 18.1. The summed E-state index contributed by atoms with van der Waals surface area (Å²) in [6, 6.07) is 10.5. The Hall–Kier alpha value is -6.75. The van der Waals surface area contributed by atoms with Crippen LogP contribution in [-0.2, 0) is 20.4 Å². The summed E-state index contributed by atoms with van der Waals surface area (Å²) in [5.74, 6) is -10.5. The number of fused-ring (bicyclic) bond motifs is 2. The lowest BCUT2D eigenvalue weighted by Crippen LogP contribution is -2.57. The fourth-order valence-electron chi connectivity index (χ4n) is 7.36. The largest absolute Gasteiger partial charge is 0.426 e. The Morgan fingerprint density at radius 3 is 1.39 bits per heavy atom. The van der Waals surface area contributed by atoms with Crippen LogP contribution in [-0.4, -0.2) is 55.9 Å². The molecule has 0 bridgehead atoms. The number of aliphatic hydroxyl groups is 2. The number of anilines is 2. The molecule has 6 aromatic rings. The van der Waals surface area contributed by atoms with Gasteiger partial charge in [0, 0.05) is 46.6 Å². The van der Waals surface area contributed by atoms with Gasteiger partial charge >= 0.3 is 23.6 Å². The van der Waals surface area contributed by atoms with Gasteiger partial charge in [-0.05, 0) is 84.8 Å². The van der Waals surface area contributed by atoms with Crippen LogP contribution in [0.25, 0.3) is 21.5 Å². The molecule has 6 rings (SSSR count). The highest BCUT2D eigenvalue weighted by Crippen LogP contribution is 2.45. The first-order valence-electron chi connectivity index (χ1n) is 19.4. The predicted octanol–water partition coefficient (Wildman–Crippen LogP) is 8.89. The number of carbonyl (C=O) groups excluding carboxylic acids is 2. The Kier molecular flexibility index (Phi) is 13.9. The summed E-state index contributed by atoms with van der Waals surface area (Å²) in [4.78, 5) is 48.8. The Balaban J connectivity index is 0.000000251. The molecular weight excluding hydrogens is 921 g/mol. The highest BCUT2D eigenvalue weighted by Gasteiger charge is 2.63. The minimum atomic E-state index is -5.55. The van der Waals surface area contributed by atoms with Crippen LogP contribution < -0.4 is 21.9 Å². The number of hydrogen-bond acceptors (Lipinski definition) is 10. The Morgan fingerprint density at radius 2 is 0.985 bits per heavy atom. The summed E-state index contributed by atoms with van der Waals surface area (Å²) in [5, 5.41) is 32.5. The van der Waals surface area contributed by atoms with Crippen LogP contribution in [0.2, 0.25) is 0 Å². The van der Waals surface area contributed by atoms with Crippen molar-refractivity contribution in [2.45, 2.75) is 88.8 Å². The average molecular weight is 959 g/mol. The van der Waals surface area contributed by atoms with Crippen LogP contribution in [0.3, 0.4) is 0 Å². The van der Waals surface area contributed by atoms with Crippen LogP contribution in [0.5, 0.6) is 0 Å². The summed E-state index contributed by atoms with van der Waals surface area (Å²) >= 11 is 0. The number of aromatic nitrogens is 2. The topological polar surface area (TPSA) is 185 Å². The van der Waals surface area contributed by atoms with Gasteiger partial charge in [0.2, 0.25) is 11.2 Å². The van der Waals surface area contributed by atoms with Gasteiger partial charge in [0.25, 0.3) is 11.8 Å². The summed E-state index contributed by atoms with van der Waals surface area (Å²) in [6.45, 7) is 7.11. The van der Waals surface area contributed by atoms with Gasteiger partial charge in [-0.3, -0.25) is 9.59 Å². The van der Waals surface area contributed by atoms with Crippen molar-refractivity contribution in [3.05, 3.63) is 139 Å². The maximum absolute atomic E-state index is 14.3. The number of aryl methyl sites for hydroxylation is 2. The predicted molar refractivity (Wildman–Crippen MR) is 217 cm³/mol. The molecule has 0 aliphatic heterocycles. The van der Waals surface area contributed by atoms with Crippen molar-refractivity contribution in [1.82, 2.24) is 10.3 Å². The van der Waals surface area contributed by atoms with Crippen LogP contribution in [0.4, 0.5) is 59.7 Å². The molecule has 0 saturated heterocycles. The molecule has 2 unspecified atom stereocenters. The van der Waals surface area contributed by atoms with Crippen molar-refractivity contribution < 1.29 is 77.1 Å².